The van der Waals surface area contributed by atoms with Gasteiger partial charge >= 0.3 is 0 Å². The molecule has 0 aliphatic heterocycles. The van der Waals surface area contributed by atoms with Gasteiger partial charge in [-0.3, -0.25) is 9.59 Å². The van der Waals surface area contributed by atoms with Crippen molar-refractivity contribution in [2.45, 2.75) is 77.4 Å². The fourth-order valence-electron chi connectivity index (χ4n) is 4.39. The molecule has 6 heteroatoms. The van der Waals surface area contributed by atoms with Crippen LogP contribution in [0.1, 0.15) is 69.9 Å². The Morgan fingerprint density at radius 3 is 2.32 bits per heavy atom. The van der Waals surface area contributed by atoms with Crippen LogP contribution in [0.2, 0.25) is 0 Å². The van der Waals surface area contributed by atoms with Crippen molar-refractivity contribution in [3.63, 3.8) is 0 Å². The molecule has 34 heavy (non-hydrogen) atoms. The lowest BCUT2D eigenvalue weighted by molar-refractivity contribution is -0.142. The molecule has 3 rings (SSSR count). The van der Waals surface area contributed by atoms with E-state index in [4.69, 9.17) is 9.47 Å². The number of hydrogen-bond acceptors (Lipinski definition) is 4. The highest BCUT2D eigenvalue weighted by Crippen LogP contribution is 2.26. The zero-order valence-electron chi connectivity index (χ0n) is 20.9. The van der Waals surface area contributed by atoms with Gasteiger partial charge in [-0.15, -0.1) is 0 Å². The van der Waals surface area contributed by atoms with E-state index in [0.717, 1.165) is 42.6 Å². The highest BCUT2D eigenvalue weighted by Gasteiger charge is 2.28. The fourth-order valence-corrected chi connectivity index (χ4v) is 4.39. The molecule has 184 valence electrons. The van der Waals surface area contributed by atoms with Crippen molar-refractivity contribution in [2.75, 3.05) is 13.7 Å². The van der Waals surface area contributed by atoms with Gasteiger partial charge in [0.05, 0.1) is 7.11 Å². The topological polar surface area (TPSA) is 67.9 Å². The third-order valence-electron chi connectivity index (χ3n) is 6.52. The van der Waals surface area contributed by atoms with E-state index in [2.05, 4.69) is 19.2 Å². The number of rotatable bonds is 10. The van der Waals surface area contributed by atoms with Gasteiger partial charge in [0, 0.05) is 12.6 Å². The van der Waals surface area contributed by atoms with Gasteiger partial charge in [-0.2, -0.15) is 0 Å². The molecular weight excluding hydrogens is 428 g/mol. The minimum absolute atomic E-state index is 0.114. The van der Waals surface area contributed by atoms with E-state index in [9.17, 15) is 9.59 Å². The summed E-state index contributed by atoms with van der Waals surface area (Å²) in [5.41, 5.74) is 1.98. The molecular formula is C28H38N2O4. The van der Waals surface area contributed by atoms with Crippen molar-refractivity contribution in [2.24, 2.45) is 0 Å². The summed E-state index contributed by atoms with van der Waals surface area (Å²) in [7, 11) is 1.62. The number of carbonyl (C=O) groups excluding carboxylic acids is 2. The monoisotopic (exact) mass is 466 g/mol. The molecule has 0 radical (unpaired) electrons. The van der Waals surface area contributed by atoms with Gasteiger partial charge < -0.3 is 19.7 Å². The number of ether oxygens (including phenoxy) is 2. The molecule has 1 fully saturated rings. The molecule has 2 amide bonds. The maximum atomic E-state index is 13.4. The Kier molecular flexibility index (Phi) is 9.37. The van der Waals surface area contributed by atoms with Gasteiger partial charge in [-0.05, 0) is 55.0 Å². The molecule has 2 aromatic carbocycles. The molecule has 0 saturated heterocycles. The predicted octanol–water partition coefficient (Wildman–Crippen LogP) is 5.06. The van der Waals surface area contributed by atoms with Gasteiger partial charge in [-0.25, -0.2) is 0 Å². The van der Waals surface area contributed by atoms with Gasteiger partial charge in [-0.1, -0.05) is 63.4 Å². The second-order valence-corrected chi connectivity index (χ2v) is 9.37. The number of nitrogens with one attached hydrogen (secondary N) is 1. The molecule has 1 aliphatic rings. The first kappa shape index (κ1) is 25.6. The number of carbonyl (C=O) groups is 2. The van der Waals surface area contributed by atoms with Crippen LogP contribution in [0.15, 0.2) is 48.5 Å². The summed E-state index contributed by atoms with van der Waals surface area (Å²) >= 11 is 0. The van der Waals surface area contributed by atoms with Crippen LogP contribution < -0.4 is 14.8 Å². The Labute approximate surface area is 203 Å². The summed E-state index contributed by atoms with van der Waals surface area (Å²) in [6, 6.07) is 14.9. The molecule has 0 bridgehead atoms. The number of hydrogen-bond donors (Lipinski definition) is 1. The standard InChI is InChI=1S/C28H38N2O4/c1-20(2)25-12-8-9-13-26(25)34-19-27(31)30(18-22-14-16-24(33-4)17-15-22)21(3)28(32)29-23-10-6-5-7-11-23/h8-9,12-17,20-21,23H,5-7,10-11,18-19H2,1-4H3,(H,29,32). The lowest BCUT2D eigenvalue weighted by atomic mass is 9.95. The Bertz CT molecular complexity index is 936. The third-order valence-corrected chi connectivity index (χ3v) is 6.52. The molecule has 6 nitrogen and oxygen atoms in total. The summed E-state index contributed by atoms with van der Waals surface area (Å²) in [5, 5.41) is 3.16. The lowest BCUT2D eigenvalue weighted by Gasteiger charge is -2.31. The van der Waals surface area contributed by atoms with Crippen LogP contribution in [0.4, 0.5) is 0 Å². The predicted molar refractivity (Wildman–Crippen MR) is 134 cm³/mol. The third kappa shape index (κ3) is 6.99. The molecule has 0 aromatic heterocycles. The van der Waals surface area contributed by atoms with Gasteiger partial charge in [0.15, 0.2) is 6.61 Å². The van der Waals surface area contributed by atoms with Crippen molar-refractivity contribution < 1.29 is 19.1 Å². The van der Waals surface area contributed by atoms with Crippen molar-refractivity contribution in [1.82, 2.24) is 10.2 Å². The molecule has 1 unspecified atom stereocenters. The second-order valence-electron chi connectivity index (χ2n) is 9.37. The van der Waals surface area contributed by atoms with E-state index in [1.807, 2.05) is 48.5 Å². The number of amides is 2. The first-order valence-electron chi connectivity index (χ1n) is 12.3. The zero-order chi connectivity index (χ0) is 24.5. The summed E-state index contributed by atoms with van der Waals surface area (Å²) in [6.45, 7) is 6.18. The number of para-hydroxylation sites is 1. The van der Waals surface area contributed by atoms with Crippen LogP contribution in [-0.2, 0) is 16.1 Å². The first-order valence-corrected chi connectivity index (χ1v) is 12.3. The van der Waals surface area contributed by atoms with E-state index in [1.54, 1.807) is 18.9 Å². The number of benzene rings is 2. The highest BCUT2D eigenvalue weighted by atomic mass is 16.5. The fraction of sp³-hybridized carbons (Fsp3) is 0.500. The average molecular weight is 467 g/mol. The molecule has 0 spiro atoms. The molecule has 0 heterocycles. The van der Waals surface area contributed by atoms with Gasteiger partial charge in [0.25, 0.3) is 5.91 Å². The summed E-state index contributed by atoms with van der Waals surface area (Å²) in [6.07, 6.45) is 5.49. The maximum absolute atomic E-state index is 13.4. The van der Waals surface area contributed by atoms with Crippen LogP contribution in [-0.4, -0.2) is 42.5 Å². The van der Waals surface area contributed by atoms with Crippen molar-refractivity contribution in [3.05, 3.63) is 59.7 Å². The molecule has 1 atom stereocenters. The van der Waals surface area contributed by atoms with E-state index in [1.165, 1.54) is 6.42 Å². The Balaban J connectivity index is 1.74. The van der Waals surface area contributed by atoms with Crippen molar-refractivity contribution in [3.8, 4) is 11.5 Å². The number of nitrogens with zero attached hydrogens (tertiary/aromatic N) is 1. The largest absolute Gasteiger partial charge is 0.497 e. The summed E-state index contributed by atoms with van der Waals surface area (Å²) in [4.78, 5) is 28.1. The number of methoxy groups -OCH3 is 1. The highest BCUT2D eigenvalue weighted by molar-refractivity contribution is 5.88. The Morgan fingerprint density at radius 2 is 1.68 bits per heavy atom. The van der Waals surface area contributed by atoms with E-state index >= 15 is 0 Å². The minimum Gasteiger partial charge on any atom is -0.497 e. The molecule has 1 N–H and O–H groups in total. The van der Waals surface area contributed by atoms with Crippen LogP contribution in [0.5, 0.6) is 11.5 Å². The van der Waals surface area contributed by atoms with Crippen LogP contribution in [0.25, 0.3) is 0 Å². The van der Waals surface area contributed by atoms with Gasteiger partial charge in [0.1, 0.15) is 17.5 Å². The van der Waals surface area contributed by atoms with Crippen LogP contribution in [0, 0.1) is 0 Å². The second kappa shape index (κ2) is 12.4. The maximum Gasteiger partial charge on any atom is 0.261 e. The Hall–Kier alpha value is -3.02. The SMILES string of the molecule is COc1ccc(CN(C(=O)COc2ccccc2C(C)C)C(C)C(=O)NC2CCCCC2)cc1. The molecule has 1 saturated carbocycles. The quantitative estimate of drug-likeness (QED) is 0.531. The van der Waals surface area contributed by atoms with Crippen molar-refractivity contribution in [1.29, 1.82) is 0 Å². The summed E-state index contributed by atoms with van der Waals surface area (Å²) < 4.78 is 11.2. The van der Waals surface area contributed by atoms with E-state index < -0.39 is 6.04 Å². The normalized spacial score (nSPS) is 15.0. The zero-order valence-corrected chi connectivity index (χ0v) is 20.9. The van der Waals surface area contributed by atoms with Crippen LogP contribution >= 0.6 is 0 Å². The lowest BCUT2D eigenvalue weighted by Crippen LogP contribution is -2.51. The summed E-state index contributed by atoms with van der Waals surface area (Å²) in [5.74, 6) is 1.40. The van der Waals surface area contributed by atoms with E-state index in [-0.39, 0.29) is 30.4 Å². The van der Waals surface area contributed by atoms with Crippen molar-refractivity contribution >= 4 is 11.8 Å². The van der Waals surface area contributed by atoms with Gasteiger partial charge in [0.2, 0.25) is 5.91 Å². The molecule has 2 aromatic rings. The first-order chi connectivity index (χ1) is 16.4. The van der Waals surface area contributed by atoms with Crippen LogP contribution in [0.3, 0.4) is 0 Å². The Morgan fingerprint density at radius 1 is 1.00 bits per heavy atom. The van der Waals surface area contributed by atoms with E-state index in [0.29, 0.717) is 12.3 Å². The average Bonchev–Trinajstić information content (AvgIpc) is 2.86. The smallest absolute Gasteiger partial charge is 0.261 e. The minimum atomic E-state index is -0.611. The molecule has 1 aliphatic carbocycles.